The third-order valence-electron chi connectivity index (χ3n) is 2.80. The monoisotopic (exact) mass is 280 g/mol. The van der Waals surface area contributed by atoms with Crippen molar-refractivity contribution in [2.24, 2.45) is 0 Å². The smallest absolute Gasteiger partial charge is 0.325 e. The second-order valence-electron chi connectivity index (χ2n) is 3.93. The molecule has 1 aliphatic carbocycles. The molecule has 1 aromatic carbocycles. The highest BCUT2D eigenvalue weighted by atomic mass is 32.2. The molecule has 0 aliphatic heterocycles. The van der Waals surface area contributed by atoms with Crippen molar-refractivity contribution in [3.63, 3.8) is 0 Å². The molecule has 19 heavy (non-hydrogen) atoms. The Kier molecular flexibility index (Phi) is 3.64. The normalized spacial score (nSPS) is 18.0. The van der Waals surface area contributed by atoms with Crippen molar-refractivity contribution < 1.29 is 22.5 Å². The zero-order valence-corrected chi connectivity index (χ0v) is 11.0. The largest absolute Gasteiger partial charge is 0.361 e. The first kappa shape index (κ1) is 13.6. The lowest BCUT2D eigenvalue weighted by Gasteiger charge is -2.19. The minimum Gasteiger partial charge on any atom is -0.361 e. The Morgan fingerprint density at radius 3 is 2.74 bits per heavy atom. The Morgan fingerprint density at radius 1 is 1.42 bits per heavy atom. The fraction of sp³-hybridized carbons (Fsp3) is 0.250. The summed E-state index contributed by atoms with van der Waals surface area (Å²) in [5.74, 6) is 0. The Balaban J connectivity index is 2.69. The zero-order chi connectivity index (χ0) is 14.0. The summed E-state index contributed by atoms with van der Waals surface area (Å²) in [4.78, 5) is 2.94. The summed E-state index contributed by atoms with van der Waals surface area (Å²) in [7, 11) is -4.32. The Labute approximate surface area is 110 Å². The molecule has 0 fully saturated rings. The van der Waals surface area contributed by atoms with Gasteiger partial charge in [-0.3, -0.25) is 4.55 Å². The SMILES string of the molecule is CCOC1C(=[N+]=[N-])C=Cc2c1cccc2S(=O)(=O)O. The molecule has 0 amide bonds. The van der Waals surface area contributed by atoms with Crippen LogP contribution in [0.2, 0.25) is 0 Å². The van der Waals surface area contributed by atoms with Crippen LogP contribution >= 0.6 is 0 Å². The second-order valence-corrected chi connectivity index (χ2v) is 5.32. The third kappa shape index (κ3) is 2.50. The highest BCUT2D eigenvalue weighted by Crippen LogP contribution is 2.32. The second kappa shape index (κ2) is 5.07. The van der Waals surface area contributed by atoms with E-state index in [9.17, 15) is 13.0 Å². The van der Waals surface area contributed by atoms with Gasteiger partial charge in [0.2, 0.25) is 0 Å². The maximum atomic E-state index is 11.3. The lowest BCUT2D eigenvalue weighted by Crippen LogP contribution is -2.20. The van der Waals surface area contributed by atoms with Crippen molar-refractivity contribution >= 4 is 21.9 Å². The van der Waals surface area contributed by atoms with Crippen LogP contribution in [0.15, 0.2) is 29.2 Å². The van der Waals surface area contributed by atoms with Crippen LogP contribution in [-0.4, -0.2) is 30.1 Å². The van der Waals surface area contributed by atoms with Crippen molar-refractivity contribution in [3.05, 3.63) is 40.9 Å². The highest BCUT2D eigenvalue weighted by Gasteiger charge is 2.32. The topological polar surface area (TPSA) is 100 Å². The summed E-state index contributed by atoms with van der Waals surface area (Å²) < 4.78 is 37.3. The summed E-state index contributed by atoms with van der Waals surface area (Å²) >= 11 is 0. The van der Waals surface area contributed by atoms with E-state index in [-0.39, 0.29) is 10.6 Å². The first-order chi connectivity index (χ1) is 8.99. The molecule has 1 N–H and O–H groups in total. The first-order valence-electron chi connectivity index (χ1n) is 5.61. The third-order valence-corrected chi connectivity index (χ3v) is 3.71. The van der Waals surface area contributed by atoms with Crippen molar-refractivity contribution in [2.75, 3.05) is 6.61 Å². The van der Waals surface area contributed by atoms with E-state index in [1.807, 2.05) is 0 Å². The fourth-order valence-electron chi connectivity index (χ4n) is 2.04. The first-order valence-corrected chi connectivity index (χ1v) is 7.05. The molecule has 0 spiro atoms. The summed E-state index contributed by atoms with van der Waals surface area (Å²) in [6.45, 7) is 2.15. The summed E-state index contributed by atoms with van der Waals surface area (Å²) in [5.41, 5.74) is 10.1. The molecule has 6 nitrogen and oxygen atoms in total. The van der Waals surface area contributed by atoms with Crippen molar-refractivity contribution in [1.82, 2.24) is 0 Å². The molecule has 1 aromatic rings. The Hall–Kier alpha value is -1.79. The molecular weight excluding hydrogens is 268 g/mol. The lowest BCUT2D eigenvalue weighted by molar-refractivity contribution is -0.0278. The predicted molar refractivity (Wildman–Crippen MR) is 68.3 cm³/mol. The lowest BCUT2D eigenvalue weighted by atomic mass is 9.93. The van der Waals surface area contributed by atoms with E-state index in [1.165, 1.54) is 24.3 Å². The van der Waals surface area contributed by atoms with Crippen LogP contribution in [0.3, 0.4) is 0 Å². The molecule has 100 valence electrons. The van der Waals surface area contributed by atoms with Gasteiger partial charge in [0.15, 0.2) is 6.10 Å². The molecule has 0 aromatic heterocycles. The summed E-state index contributed by atoms with van der Waals surface area (Å²) in [6, 6.07) is 4.48. The van der Waals surface area contributed by atoms with Gasteiger partial charge in [0, 0.05) is 23.8 Å². The van der Waals surface area contributed by atoms with Crippen LogP contribution in [0.25, 0.3) is 11.6 Å². The van der Waals surface area contributed by atoms with Gasteiger partial charge in [-0.15, -0.1) is 0 Å². The van der Waals surface area contributed by atoms with Gasteiger partial charge in [-0.1, -0.05) is 12.1 Å². The number of benzene rings is 1. The molecule has 0 radical (unpaired) electrons. The maximum Gasteiger partial charge on any atom is 0.325 e. The van der Waals surface area contributed by atoms with Crippen molar-refractivity contribution in [1.29, 1.82) is 0 Å². The van der Waals surface area contributed by atoms with Crippen LogP contribution in [0, 0.1) is 0 Å². The average Bonchev–Trinajstić information content (AvgIpc) is 2.37. The van der Waals surface area contributed by atoms with Crippen LogP contribution in [0.1, 0.15) is 24.2 Å². The molecule has 0 saturated carbocycles. The molecule has 7 heteroatoms. The standard InChI is InChI=1S/C12H12N2O4S/c1-2-18-12-9-4-3-5-11(19(15,16)17)8(9)6-7-10(12)14-13/h3-7,12H,2H2,1H3,(H,15,16,17). The van der Waals surface area contributed by atoms with Gasteiger partial charge in [-0.2, -0.15) is 13.2 Å². The number of hydrogen-bond donors (Lipinski definition) is 1. The van der Waals surface area contributed by atoms with Crippen molar-refractivity contribution in [2.45, 2.75) is 17.9 Å². The Morgan fingerprint density at radius 2 is 2.16 bits per heavy atom. The number of nitrogens with zero attached hydrogens (tertiary/aromatic N) is 2. The Bertz CT molecular complexity index is 688. The van der Waals surface area contributed by atoms with Crippen molar-refractivity contribution in [3.8, 4) is 0 Å². The highest BCUT2D eigenvalue weighted by molar-refractivity contribution is 7.85. The van der Waals surface area contributed by atoms with E-state index >= 15 is 0 Å². The van der Waals surface area contributed by atoms with Crippen LogP contribution in [-0.2, 0) is 14.9 Å². The quantitative estimate of drug-likeness (QED) is 0.517. The van der Waals surface area contributed by atoms with Gasteiger partial charge in [0.05, 0.1) is 0 Å². The van der Waals surface area contributed by atoms with Gasteiger partial charge in [-0.05, 0) is 19.1 Å². The number of fused-ring (bicyclic) bond motifs is 1. The van der Waals surface area contributed by atoms with Gasteiger partial charge < -0.3 is 10.3 Å². The van der Waals surface area contributed by atoms with Gasteiger partial charge in [0.1, 0.15) is 4.90 Å². The molecule has 1 unspecified atom stereocenters. The van der Waals surface area contributed by atoms with E-state index < -0.39 is 16.2 Å². The van der Waals surface area contributed by atoms with Gasteiger partial charge in [0.25, 0.3) is 10.1 Å². The van der Waals surface area contributed by atoms with Gasteiger partial charge >= 0.3 is 5.71 Å². The summed E-state index contributed by atoms with van der Waals surface area (Å²) in [5, 5.41) is 0. The van der Waals surface area contributed by atoms with E-state index in [4.69, 9.17) is 10.3 Å². The number of rotatable bonds is 3. The minimum absolute atomic E-state index is 0.192. The van der Waals surface area contributed by atoms with E-state index in [0.717, 1.165) is 0 Å². The molecule has 1 atom stereocenters. The van der Waals surface area contributed by atoms with Crippen LogP contribution in [0.5, 0.6) is 0 Å². The zero-order valence-electron chi connectivity index (χ0n) is 10.1. The average molecular weight is 280 g/mol. The molecule has 0 heterocycles. The van der Waals surface area contributed by atoms with Crippen LogP contribution in [0.4, 0.5) is 0 Å². The number of ether oxygens (including phenoxy) is 1. The fourth-order valence-corrected chi connectivity index (χ4v) is 2.75. The molecule has 1 aliphatic rings. The van der Waals surface area contributed by atoms with E-state index in [2.05, 4.69) is 4.79 Å². The van der Waals surface area contributed by atoms with E-state index in [0.29, 0.717) is 17.7 Å². The van der Waals surface area contributed by atoms with Gasteiger partial charge in [-0.25, -0.2) is 0 Å². The molecule has 2 rings (SSSR count). The predicted octanol–water partition coefficient (Wildman–Crippen LogP) is 1.71. The molecular formula is C12H12N2O4S. The number of hydrogen-bond acceptors (Lipinski definition) is 3. The molecule has 0 saturated heterocycles. The minimum atomic E-state index is -4.32. The summed E-state index contributed by atoms with van der Waals surface area (Å²) in [6.07, 6.45) is 2.28. The molecule has 0 bridgehead atoms. The van der Waals surface area contributed by atoms with E-state index in [1.54, 1.807) is 13.0 Å². The maximum absolute atomic E-state index is 11.3. The van der Waals surface area contributed by atoms with Crippen LogP contribution < -0.4 is 0 Å².